The molecule has 0 saturated heterocycles. The number of aliphatic carboxylic acids is 1. The molecule has 0 spiro atoms. The summed E-state index contributed by atoms with van der Waals surface area (Å²) < 4.78 is 0. The molecular formula is C15H15N3O4. The van der Waals surface area contributed by atoms with Gasteiger partial charge >= 0.3 is 5.97 Å². The topological polar surface area (TPSA) is 112 Å². The number of carboxylic acid groups (broad SMARTS) is 1. The minimum Gasteiger partial charge on any atom is -0.480 e. The fourth-order valence-corrected chi connectivity index (χ4v) is 2.94. The number of carboxylic acids is 1. The summed E-state index contributed by atoms with van der Waals surface area (Å²) in [5, 5.41) is 18.8. The fourth-order valence-electron chi connectivity index (χ4n) is 2.94. The summed E-state index contributed by atoms with van der Waals surface area (Å²) >= 11 is 0. The van der Waals surface area contributed by atoms with E-state index >= 15 is 0 Å². The second kappa shape index (κ2) is 5.25. The lowest BCUT2D eigenvalue weighted by molar-refractivity contribution is -0.144. The average molecular weight is 301 g/mol. The van der Waals surface area contributed by atoms with E-state index in [2.05, 4.69) is 15.5 Å². The van der Waals surface area contributed by atoms with Gasteiger partial charge in [0.25, 0.3) is 11.5 Å². The van der Waals surface area contributed by atoms with Crippen LogP contribution in [0, 0.1) is 0 Å². The number of benzene rings is 1. The van der Waals surface area contributed by atoms with Crippen LogP contribution in [0.2, 0.25) is 0 Å². The molecule has 3 rings (SSSR count). The Morgan fingerprint density at radius 3 is 2.45 bits per heavy atom. The molecule has 0 unspecified atom stereocenters. The van der Waals surface area contributed by atoms with Crippen molar-refractivity contribution in [3.05, 3.63) is 40.3 Å². The van der Waals surface area contributed by atoms with Crippen LogP contribution < -0.4 is 10.9 Å². The van der Waals surface area contributed by atoms with Gasteiger partial charge in [-0.3, -0.25) is 9.59 Å². The zero-order valence-electron chi connectivity index (χ0n) is 11.8. The maximum Gasteiger partial charge on any atom is 0.329 e. The molecule has 22 heavy (non-hydrogen) atoms. The maximum atomic E-state index is 12.5. The Morgan fingerprint density at radius 2 is 1.82 bits per heavy atom. The predicted octanol–water partition coefficient (Wildman–Crippen LogP) is 1.05. The molecule has 3 N–H and O–H groups in total. The van der Waals surface area contributed by atoms with E-state index in [-0.39, 0.29) is 11.3 Å². The first-order valence-corrected chi connectivity index (χ1v) is 7.07. The van der Waals surface area contributed by atoms with E-state index in [1.54, 1.807) is 24.3 Å². The molecule has 1 aromatic carbocycles. The summed E-state index contributed by atoms with van der Waals surface area (Å²) in [5.41, 5.74) is -1.60. The second-order valence-corrected chi connectivity index (χ2v) is 5.50. The molecule has 1 amide bonds. The van der Waals surface area contributed by atoms with Crippen LogP contribution in [0.1, 0.15) is 36.2 Å². The number of carbonyl (C=O) groups excluding carboxylic acids is 1. The number of fused-ring (bicyclic) bond motifs is 1. The highest BCUT2D eigenvalue weighted by atomic mass is 16.4. The quantitative estimate of drug-likeness (QED) is 0.784. The summed E-state index contributed by atoms with van der Waals surface area (Å²) in [6.45, 7) is 0. The number of carbonyl (C=O) groups is 2. The predicted molar refractivity (Wildman–Crippen MR) is 78.7 cm³/mol. The molecule has 1 saturated carbocycles. The van der Waals surface area contributed by atoms with Gasteiger partial charge in [-0.05, 0) is 18.9 Å². The van der Waals surface area contributed by atoms with Crippen molar-refractivity contribution in [2.24, 2.45) is 0 Å². The highest BCUT2D eigenvalue weighted by Gasteiger charge is 2.43. The van der Waals surface area contributed by atoms with E-state index in [1.807, 2.05) is 0 Å². The van der Waals surface area contributed by atoms with E-state index in [9.17, 15) is 19.5 Å². The number of amides is 1. The van der Waals surface area contributed by atoms with Crippen LogP contribution in [0.5, 0.6) is 0 Å². The fraction of sp³-hybridized carbons (Fsp3) is 0.333. The summed E-state index contributed by atoms with van der Waals surface area (Å²) in [4.78, 5) is 35.7. The lowest BCUT2D eigenvalue weighted by Gasteiger charge is -2.25. The van der Waals surface area contributed by atoms with Crippen molar-refractivity contribution < 1.29 is 14.7 Å². The summed E-state index contributed by atoms with van der Waals surface area (Å²) in [6, 6.07) is 6.60. The molecule has 0 atom stereocenters. The van der Waals surface area contributed by atoms with Crippen molar-refractivity contribution in [2.75, 3.05) is 0 Å². The van der Waals surface area contributed by atoms with Gasteiger partial charge in [0.05, 0.1) is 5.39 Å². The number of aromatic nitrogens is 2. The Labute approximate surface area is 125 Å². The van der Waals surface area contributed by atoms with Gasteiger partial charge in [-0.1, -0.05) is 31.0 Å². The van der Waals surface area contributed by atoms with E-state index in [1.165, 1.54) is 0 Å². The largest absolute Gasteiger partial charge is 0.480 e. The number of aromatic amines is 1. The van der Waals surface area contributed by atoms with Crippen LogP contribution in [0.4, 0.5) is 0 Å². The van der Waals surface area contributed by atoms with Crippen LogP contribution in [-0.2, 0) is 4.79 Å². The van der Waals surface area contributed by atoms with E-state index in [0.717, 1.165) is 12.8 Å². The van der Waals surface area contributed by atoms with Crippen molar-refractivity contribution in [3.63, 3.8) is 0 Å². The summed E-state index contributed by atoms with van der Waals surface area (Å²) in [6.07, 6.45) is 2.31. The number of rotatable bonds is 3. The van der Waals surface area contributed by atoms with Gasteiger partial charge in [-0.2, -0.15) is 5.10 Å². The van der Waals surface area contributed by atoms with Crippen LogP contribution in [0.3, 0.4) is 0 Å². The summed E-state index contributed by atoms with van der Waals surface area (Å²) in [5.74, 6) is -1.62. The van der Waals surface area contributed by atoms with Gasteiger partial charge in [0.1, 0.15) is 5.54 Å². The van der Waals surface area contributed by atoms with Gasteiger partial charge in [-0.25, -0.2) is 9.89 Å². The lowest BCUT2D eigenvalue weighted by Crippen LogP contribution is -2.52. The standard InChI is InChI=1S/C15H15N3O4/c19-12-10-6-2-1-5-9(10)11(17-18-12)13(20)16-15(14(21)22)7-3-4-8-15/h1-2,5-6H,3-4,7-8H2,(H,16,20)(H,18,19)(H,21,22). The smallest absolute Gasteiger partial charge is 0.329 e. The molecule has 2 aromatic rings. The lowest BCUT2D eigenvalue weighted by atomic mass is 9.97. The highest BCUT2D eigenvalue weighted by molar-refractivity contribution is 6.06. The highest BCUT2D eigenvalue weighted by Crippen LogP contribution is 2.30. The monoisotopic (exact) mass is 301 g/mol. The van der Waals surface area contributed by atoms with E-state index < -0.39 is 17.4 Å². The Hall–Kier alpha value is -2.70. The molecule has 0 radical (unpaired) electrons. The minimum atomic E-state index is -1.24. The molecular weight excluding hydrogens is 286 g/mol. The first-order chi connectivity index (χ1) is 10.5. The molecule has 0 bridgehead atoms. The normalized spacial score (nSPS) is 16.5. The van der Waals surface area contributed by atoms with Crippen LogP contribution in [0.15, 0.2) is 29.1 Å². The molecule has 7 nitrogen and oxygen atoms in total. The number of hydrogen-bond donors (Lipinski definition) is 3. The molecule has 114 valence electrons. The van der Waals surface area contributed by atoms with Gasteiger partial charge in [0.15, 0.2) is 5.69 Å². The van der Waals surface area contributed by atoms with Crippen molar-refractivity contribution >= 4 is 22.6 Å². The zero-order chi connectivity index (χ0) is 15.7. The average Bonchev–Trinajstić information content (AvgIpc) is 2.97. The molecule has 7 heteroatoms. The Kier molecular flexibility index (Phi) is 3.40. The molecule has 1 fully saturated rings. The van der Waals surface area contributed by atoms with Gasteiger partial charge in [0, 0.05) is 5.39 Å². The van der Waals surface area contributed by atoms with Crippen LogP contribution in [-0.4, -0.2) is 32.7 Å². The molecule has 1 aliphatic carbocycles. The Balaban J connectivity index is 2.01. The van der Waals surface area contributed by atoms with Crippen LogP contribution >= 0.6 is 0 Å². The van der Waals surface area contributed by atoms with Crippen LogP contribution in [0.25, 0.3) is 10.8 Å². The van der Waals surface area contributed by atoms with Crippen molar-refractivity contribution in [2.45, 2.75) is 31.2 Å². The molecule has 1 aliphatic rings. The first kappa shape index (κ1) is 14.2. The molecule has 1 aromatic heterocycles. The van der Waals surface area contributed by atoms with E-state index in [4.69, 9.17) is 0 Å². The second-order valence-electron chi connectivity index (χ2n) is 5.50. The SMILES string of the molecule is O=C(NC1(C(=O)O)CCCC1)c1n[nH]c(=O)c2ccccc12. The van der Waals surface area contributed by atoms with Gasteiger partial charge in [0.2, 0.25) is 0 Å². The number of nitrogens with one attached hydrogen (secondary N) is 2. The van der Waals surface area contributed by atoms with Crippen molar-refractivity contribution in [1.29, 1.82) is 0 Å². The number of hydrogen-bond acceptors (Lipinski definition) is 4. The minimum absolute atomic E-state index is 0.0303. The maximum absolute atomic E-state index is 12.5. The summed E-state index contributed by atoms with van der Waals surface area (Å²) in [7, 11) is 0. The van der Waals surface area contributed by atoms with E-state index in [0.29, 0.717) is 23.6 Å². The Morgan fingerprint density at radius 1 is 1.18 bits per heavy atom. The van der Waals surface area contributed by atoms with Crippen molar-refractivity contribution in [1.82, 2.24) is 15.5 Å². The van der Waals surface area contributed by atoms with Gasteiger partial charge in [-0.15, -0.1) is 0 Å². The number of H-pyrrole nitrogens is 1. The van der Waals surface area contributed by atoms with Gasteiger partial charge < -0.3 is 10.4 Å². The van der Waals surface area contributed by atoms with Crippen molar-refractivity contribution in [3.8, 4) is 0 Å². The zero-order valence-corrected chi connectivity index (χ0v) is 11.8. The third kappa shape index (κ3) is 2.24. The Bertz CT molecular complexity index is 806. The first-order valence-electron chi connectivity index (χ1n) is 7.07. The molecule has 1 heterocycles. The third-order valence-electron chi connectivity index (χ3n) is 4.13. The third-order valence-corrected chi connectivity index (χ3v) is 4.13. The molecule has 0 aliphatic heterocycles. The number of nitrogens with zero attached hydrogens (tertiary/aromatic N) is 1.